The zero-order valence-electron chi connectivity index (χ0n) is 14.4. The first-order chi connectivity index (χ1) is 11.5. The number of rotatable bonds is 4. The molecule has 24 heavy (non-hydrogen) atoms. The summed E-state index contributed by atoms with van der Waals surface area (Å²) in [5.41, 5.74) is 7.69. The van der Waals surface area contributed by atoms with Gasteiger partial charge in [0.1, 0.15) is 0 Å². The molecule has 0 aliphatic carbocycles. The van der Waals surface area contributed by atoms with Gasteiger partial charge in [-0.1, -0.05) is 12.1 Å². The highest BCUT2D eigenvalue weighted by molar-refractivity contribution is 5.78. The van der Waals surface area contributed by atoms with Crippen LogP contribution >= 0.6 is 0 Å². The Morgan fingerprint density at radius 2 is 2.04 bits per heavy atom. The molecule has 0 bridgehead atoms. The van der Waals surface area contributed by atoms with Crippen LogP contribution in [0.15, 0.2) is 29.1 Å². The Bertz CT molecular complexity index is 790. The SMILES string of the molecule is CC(N)C1CCCN(C(=O)CCn2c(=O)n(C)c3ccccc32)C1. The molecule has 0 spiro atoms. The predicted molar refractivity (Wildman–Crippen MR) is 94.7 cm³/mol. The van der Waals surface area contributed by atoms with Crippen LogP contribution in [0.3, 0.4) is 0 Å². The van der Waals surface area contributed by atoms with Crippen molar-refractivity contribution in [2.24, 2.45) is 18.7 Å². The van der Waals surface area contributed by atoms with Crippen LogP contribution in [0.5, 0.6) is 0 Å². The molecule has 1 aliphatic heterocycles. The molecule has 130 valence electrons. The minimum absolute atomic E-state index is 0.0731. The fourth-order valence-corrected chi connectivity index (χ4v) is 3.61. The van der Waals surface area contributed by atoms with Gasteiger partial charge in [0.2, 0.25) is 5.91 Å². The average Bonchev–Trinajstić information content (AvgIpc) is 2.84. The summed E-state index contributed by atoms with van der Waals surface area (Å²) in [5.74, 6) is 0.489. The minimum Gasteiger partial charge on any atom is -0.342 e. The van der Waals surface area contributed by atoms with Crippen molar-refractivity contribution in [3.05, 3.63) is 34.7 Å². The molecule has 1 aromatic heterocycles. The number of nitrogens with two attached hydrogens (primary N) is 1. The van der Waals surface area contributed by atoms with E-state index in [9.17, 15) is 9.59 Å². The van der Waals surface area contributed by atoms with Gasteiger partial charge in [0.25, 0.3) is 0 Å². The molecule has 6 heteroatoms. The summed E-state index contributed by atoms with van der Waals surface area (Å²) in [6.07, 6.45) is 2.44. The largest absolute Gasteiger partial charge is 0.342 e. The van der Waals surface area contributed by atoms with E-state index in [0.29, 0.717) is 18.9 Å². The van der Waals surface area contributed by atoms with Crippen molar-refractivity contribution >= 4 is 16.9 Å². The van der Waals surface area contributed by atoms with E-state index in [1.807, 2.05) is 36.1 Å². The van der Waals surface area contributed by atoms with Crippen molar-refractivity contribution in [3.63, 3.8) is 0 Å². The lowest BCUT2D eigenvalue weighted by atomic mass is 9.92. The molecule has 2 atom stereocenters. The van der Waals surface area contributed by atoms with Gasteiger partial charge in [-0.3, -0.25) is 13.9 Å². The van der Waals surface area contributed by atoms with Crippen molar-refractivity contribution in [3.8, 4) is 0 Å². The van der Waals surface area contributed by atoms with E-state index in [-0.39, 0.29) is 17.6 Å². The molecule has 1 saturated heterocycles. The third-order valence-corrected chi connectivity index (χ3v) is 5.16. The minimum atomic E-state index is -0.0731. The van der Waals surface area contributed by atoms with E-state index in [2.05, 4.69) is 0 Å². The van der Waals surface area contributed by atoms with E-state index >= 15 is 0 Å². The normalized spacial score (nSPS) is 19.6. The second-order valence-corrected chi connectivity index (χ2v) is 6.83. The van der Waals surface area contributed by atoms with Crippen molar-refractivity contribution in [2.75, 3.05) is 13.1 Å². The number of benzene rings is 1. The first-order valence-electron chi connectivity index (χ1n) is 8.66. The molecule has 1 aromatic carbocycles. The second-order valence-electron chi connectivity index (χ2n) is 6.83. The number of nitrogens with zero attached hydrogens (tertiary/aromatic N) is 3. The van der Waals surface area contributed by atoms with Crippen molar-refractivity contribution in [1.29, 1.82) is 0 Å². The number of imidazole rings is 1. The standard InChI is InChI=1S/C18H26N4O2/c1-13(19)14-6-5-10-21(12-14)17(23)9-11-22-16-8-4-3-7-15(16)20(2)18(22)24/h3-4,7-8,13-14H,5-6,9-12,19H2,1-2H3. The molecule has 1 amide bonds. The summed E-state index contributed by atoms with van der Waals surface area (Å²) in [6.45, 7) is 3.96. The van der Waals surface area contributed by atoms with Crippen LogP contribution in [0.4, 0.5) is 0 Å². The van der Waals surface area contributed by atoms with Gasteiger partial charge in [-0.15, -0.1) is 0 Å². The lowest BCUT2D eigenvalue weighted by molar-refractivity contribution is -0.133. The number of carbonyl (C=O) groups excluding carboxylic acids is 1. The number of para-hydroxylation sites is 2. The van der Waals surface area contributed by atoms with E-state index in [0.717, 1.165) is 37.0 Å². The van der Waals surface area contributed by atoms with Gasteiger partial charge in [-0.25, -0.2) is 4.79 Å². The Morgan fingerprint density at radius 3 is 2.75 bits per heavy atom. The van der Waals surface area contributed by atoms with Crippen LogP contribution in [0, 0.1) is 5.92 Å². The van der Waals surface area contributed by atoms with Crippen LogP contribution in [-0.2, 0) is 18.4 Å². The molecule has 1 aliphatic rings. The van der Waals surface area contributed by atoms with Crippen molar-refractivity contribution in [1.82, 2.24) is 14.0 Å². The van der Waals surface area contributed by atoms with Gasteiger partial charge in [-0.2, -0.15) is 0 Å². The fraction of sp³-hybridized carbons (Fsp3) is 0.556. The maximum Gasteiger partial charge on any atom is 0.328 e. The van der Waals surface area contributed by atoms with Crippen LogP contribution in [0.25, 0.3) is 11.0 Å². The monoisotopic (exact) mass is 330 g/mol. The van der Waals surface area contributed by atoms with Crippen LogP contribution in [0.1, 0.15) is 26.2 Å². The summed E-state index contributed by atoms with van der Waals surface area (Å²) in [7, 11) is 1.76. The smallest absolute Gasteiger partial charge is 0.328 e. The zero-order chi connectivity index (χ0) is 17.3. The number of carbonyl (C=O) groups is 1. The molecule has 1 fully saturated rings. The van der Waals surface area contributed by atoms with E-state index in [1.165, 1.54) is 0 Å². The Morgan fingerprint density at radius 1 is 1.33 bits per heavy atom. The van der Waals surface area contributed by atoms with Crippen LogP contribution in [-0.4, -0.2) is 39.1 Å². The van der Waals surface area contributed by atoms with Gasteiger partial charge >= 0.3 is 5.69 Å². The van der Waals surface area contributed by atoms with Gasteiger partial charge < -0.3 is 10.6 Å². The first-order valence-corrected chi connectivity index (χ1v) is 8.66. The Balaban J connectivity index is 1.71. The molecule has 3 rings (SSSR count). The molecule has 6 nitrogen and oxygen atoms in total. The van der Waals surface area contributed by atoms with Gasteiger partial charge in [-0.05, 0) is 37.8 Å². The topological polar surface area (TPSA) is 73.3 Å². The van der Waals surface area contributed by atoms with Gasteiger partial charge in [0.05, 0.1) is 11.0 Å². The summed E-state index contributed by atoms with van der Waals surface area (Å²) in [5, 5.41) is 0. The Kier molecular flexibility index (Phi) is 4.76. The number of fused-ring (bicyclic) bond motifs is 1. The van der Waals surface area contributed by atoms with Gasteiger partial charge in [0, 0.05) is 39.1 Å². The van der Waals surface area contributed by atoms with E-state index < -0.39 is 0 Å². The quantitative estimate of drug-likeness (QED) is 0.919. The number of likely N-dealkylation sites (tertiary alicyclic amines) is 1. The molecule has 0 saturated carbocycles. The molecule has 0 radical (unpaired) electrons. The van der Waals surface area contributed by atoms with Crippen molar-refractivity contribution < 1.29 is 4.79 Å². The number of hydrogen-bond acceptors (Lipinski definition) is 3. The third kappa shape index (κ3) is 3.11. The molecule has 2 aromatic rings. The van der Waals surface area contributed by atoms with E-state index in [1.54, 1.807) is 16.2 Å². The lowest BCUT2D eigenvalue weighted by Crippen LogP contribution is -2.45. The molecular formula is C18H26N4O2. The fourth-order valence-electron chi connectivity index (χ4n) is 3.61. The molecule has 2 N–H and O–H groups in total. The third-order valence-electron chi connectivity index (χ3n) is 5.16. The highest BCUT2D eigenvalue weighted by Crippen LogP contribution is 2.19. The summed E-state index contributed by atoms with van der Waals surface area (Å²) in [4.78, 5) is 26.9. The lowest BCUT2D eigenvalue weighted by Gasteiger charge is -2.34. The maximum absolute atomic E-state index is 12.6. The Hall–Kier alpha value is -2.08. The summed E-state index contributed by atoms with van der Waals surface area (Å²) in [6, 6.07) is 7.79. The first kappa shape index (κ1) is 16.8. The number of hydrogen-bond donors (Lipinski definition) is 1. The second kappa shape index (κ2) is 6.81. The number of piperidine rings is 1. The van der Waals surface area contributed by atoms with Crippen LogP contribution in [0.2, 0.25) is 0 Å². The van der Waals surface area contributed by atoms with Crippen molar-refractivity contribution in [2.45, 2.75) is 38.8 Å². The van der Waals surface area contributed by atoms with Gasteiger partial charge in [0.15, 0.2) is 0 Å². The average molecular weight is 330 g/mol. The molecular weight excluding hydrogens is 304 g/mol. The summed E-state index contributed by atoms with van der Waals surface area (Å²) < 4.78 is 3.33. The highest BCUT2D eigenvalue weighted by Gasteiger charge is 2.25. The zero-order valence-corrected chi connectivity index (χ0v) is 14.4. The van der Waals surface area contributed by atoms with Crippen LogP contribution < -0.4 is 11.4 Å². The Labute approximate surface area is 141 Å². The molecule has 2 unspecified atom stereocenters. The van der Waals surface area contributed by atoms with E-state index in [4.69, 9.17) is 5.73 Å². The summed E-state index contributed by atoms with van der Waals surface area (Å²) >= 11 is 0. The highest BCUT2D eigenvalue weighted by atomic mass is 16.2. The number of amides is 1. The maximum atomic E-state index is 12.6. The number of aromatic nitrogens is 2. The molecule has 2 heterocycles. The predicted octanol–water partition coefficient (Wildman–Crippen LogP) is 1.32. The number of aryl methyl sites for hydroxylation is 2.